The van der Waals surface area contributed by atoms with Crippen molar-refractivity contribution in [2.45, 2.75) is 71.1 Å². The summed E-state index contributed by atoms with van der Waals surface area (Å²) in [7, 11) is 0. The Labute approximate surface area is 213 Å². The summed E-state index contributed by atoms with van der Waals surface area (Å²) in [5.74, 6) is -0.0812. The van der Waals surface area contributed by atoms with Crippen molar-refractivity contribution < 1.29 is 19.4 Å². The molecule has 2 unspecified atom stereocenters. The van der Waals surface area contributed by atoms with Crippen LogP contribution in [0.15, 0.2) is 47.9 Å². The molecule has 0 aromatic heterocycles. The Morgan fingerprint density at radius 3 is 2.46 bits per heavy atom. The summed E-state index contributed by atoms with van der Waals surface area (Å²) >= 11 is 1.75. The molecule has 1 aliphatic rings. The molecule has 1 heterocycles. The average molecular weight is 496 g/mol. The molecule has 0 aliphatic carbocycles. The lowest BCUT2D eigenvalue weighted by Gasteiger charge is -2.24. The van der Waals surface area contributed by atoms with E-state index in [1.807, 2.05) is 12.1 Å². The molecule has 0 saturated carbocycles. The van der Waals surface area contributed by atoms with Crippen molar-refractivity contribution in [3.8, 4) is 5.75 Å². The van der Waals surface area contributed by atoms with Crippen LogP contribution in [-0.2, 0) is 11.2 Å². The maximum Gasteiger partial charge on any atom is 0.303 e. The van der Waals surface area contributed by atoms with Crippen LogP contribution in [0.3, 0.4) is 0 Å². The minimum atomic E-state index is -0.886. The van der Waals surface area contributed by atoms with Crippen LogP contribution in [0.5, 0.6) is 5.75 Å². The Bertz CT molecular complexity index is 1060. The number of aliphatic carboxylic acids is 1. The SMILES string of the molecule is Cc1cc(C)cc(C(CC(C)C)NC(=O)c2cc(OCC3(C)CC=CS3)ccc2CCC(=O)O)c1. The van der Waals surface area contributed by atoms with Gasteiger partial charge in [0.2, 0.25) is 0 Å². The van der Waals surface area contributed by atoms with Gasteiger partial charge in [-0.3, -0.25) is 9.59 Å². The number of aryl methyl sites for hydroxylation is 3. The fraction of sp³-hybridized carbons (Fsp3) is 0.448. The van der Waals surface area contributed by atoms with Crippen LogP contribution in [-0.4, -0.2) is 28.3 Å². The zero-order valence-electron chi connectivity index (χ0n) is 21.4. The molecule has 2 aromatic rings. The van der Waals surface area contributed by atoms with Gasteiger partial charge in [0.15, 0.2) is 0 Å². The molecule has 2 N–H and O–H groups in total. The van der Waals surface area contributed by atoms with Crippen LogP contribution in [0.2, 0.25) is 0 Å². The maximum absolute atomic E-state index is 13.6. The second kappa shape index (κ2) is 11.8. The summed E-state index contributed by atoms with van der Waals surface area (Å²) < 4.78 is 6.07. The number of carbonyl (C=O) groups excluding carboxylic acids is 1. The molecule has 0 fully saturated rings. The summed E-state index contributed by atoms with van der Waals surface area (Å²) in [5, 5.41) is 14.5. The van der Waals surface area contributed by atoms with Gasteiger partial charge in [-0.05, 0) is 74.6 Å². The summed E-state index contributed by atoms with van der Waals surface area (Å²) in [4.78, 5) is 24.8. The van der Waals surface area contributed by atoms with E-state index in [0.717, 1.165) is 29.5 Å². The smallest absolute Gasteiger partial charge is 0.303 e. The predicted octanol–water partition coefficient (Wildman–Crippen LogP) is 6.63. The fourth-order valence-electron chi connectivity index (χ4n) is 4.40. The molecule has 0 saturated heterocycles. The van der Waals surface area contributed by atoms with Gasteiger partial charge in [-0.15, -0.1) is 11.8 Å². The van der Waals surface area contributed by atoms with E-state index in [0.29, 0.717) is 29.4 Å². The molecule has 3 rings (SSSR count). The van der Waals surface area contributed by atoms with Crippen LogP contribution in [0, 0.1) is 19.8 Å². The first-order valence-electron chi connectivity index (χ1n) is 12.2. The van der Waals surface area contributed by atoms with Crippen LogP contribution in [0.25, 0.3) is 0 Å². The van der Waals surface area contributed by atoms with Crippen LogP contribution < -0.4 is 10.1 Å². The van der Waals surface area contributed by atoms with E-state index in [9.17, 15) is 14.7 Å². The Morgan fingerprint density at radius 1 is 1.14 bits per heavy atom. The van der Waals surface area contributed by atoms with Gasteiger partial charge in [0, 0.05) is 12.0 Å². The normalized spacial score (nSPS) is 18.0. The largest absolute Gasteiger partial charge is 0.492 e. The average Bonchev–Trinajstić information content (AvgIpc) is 3.21. The lowest BCUT2D eigenvalue weighted by molar-refractivity contribution is -0.136. The van der Waals surface area contributed by atoms with Crippen molar-refractivity contribution in [3.63, 3.8) is 0 Å². The zero-order chi connectivity index (χ0) is 25.6. The molecular formula is C29H37NO4S. The number of ether oxygens (including phenoxy) is 1. The number of hydrogen-bond acceptors (Lipinski definition) is 4. The molecule has 1 amide bonds. The van der Waals surface area contributed by atoms with Crippen molar-refractivity contribution in [1.82, 2.24) is 5.32 Å². The Hall–Kier alpha value is -2.73. The van der Waals surface area contributed by atoms with Gasteiger partial charge in [0.25, 0.3) is 5.91 Å². The van der Waals surface area contributed by atoms with Gasteiger partial charge in [-0.1, -0.05) is 55.3 Å². The van der Waals surface area contributed by atoms with Crippen molar-refractivity contribution in [2.75, 3.05) is 6.61 Å². The number of carboxylic acid groups (broad SMARTS) is 1. The third-order valence-electron chi connectivity index (χ3n) is 6.14. The Kier molecular flexibility index (Phi) is 9.06. The molecule has 0 bridgehead atoms. The summed E-state index contributed by atoms with van der Waals surface area (Å²) in [6.07, 6.45) is 4.14. The minimum absolute atomic E-state index is 0.0181. The second-order valence-corrected chi connectivity index (χ2v) is 11.7. The summed E-state index contributed by atoms with van der Waals surface area (Å²) in [6.45, 7) is 11.1. The third-order valence-corrected chi connectivity index (χ3v) is 7.32. The standard InChI is InChI=1S/C29H37NO4S/c1-19(2)13-26(23-15-20(3)14-21(4)16-23)30-28(33)25-17-24(9-7-22(25)8-10-27(31)32)34-18-29(5)11-6-12-35-29/h6-7,9,12,14-17,19,26H,8,10-11,13,18H2,1-5H3,(H,30,33)(H,31,32). The first kappa shape index (κ1) is 26.9. The zero-order valence-corrected chi connectivity index (χ0v) is 22.2. The first-order chi connectivity index (χ1) is 16.5. The highest BCUT2D eigenvalue weighted by molar-refractivity contribution is 8.03. The molecular weight excluding hydrogens is 458 g/mol. The number of nitrogens with one attached hydrogen (secondary N) is 1. The number of allylic oxidation sites excluding steroid dienone is 1. The monoisotopic (exact) mass is 495 g/mol. The number of carboxylic acids is 1. The highest BCUT2D eigenvalue weighted by Gasteiger charge is 2.27. The number of carbonyl (C=O) groups is 2. The van der Waals surface area contributed by atoms with Crippen molar-refractivity contribution in [1.29, 1.82) is 0 Å². The van der Waals surface area contributed by atoms with E-state index >= 15 is 0 Å². The molecule has 188 valence electrons. The Balaban J connectivity index is 1.87. The predicted molar refractivity (Wildman–Crippen MR) is 143 cm³/mol. The van der Waals surface area contributed by atoms with Gasteiger partial charge >= 0.3 is 5.97 Å². The molecule has 2 atom stereocenters. The molecule has 1 aliphatic heterocycles. The number of benzene rings is 2. The van der Waals surface area contributed by atoms with E-state index in [4.69, 9.17) is 4.74 Å². The lowest BCUT2D eigenvalue weighted by Crippen LogP contribution is -2.30. The van der Waals surface area contributed by atoms with Crippen molar-refractivity contribution >= 4 is 23.6 Å². The third kappa shape index (κ3) is 7.89. The van der Waals surface area contributed by atoms with Crippen molar-refractivity contribution in [2.24, 2.45) is 5.92 Å². The van der Waals surface area contributed by atoms with Crippen LogP contribution in [0.1, 0.15) is 78.7 Å². The molecule has 35 heavy (non-hydrogen) atoms. The molecule has 6 heteroatoms. The molecule has 2 aromatic carbocycles. The number of hydrogen-bond donors (Lipinski definition) is 2. The quantitative estimate of drug-likeness (QED) is 0.366. The summed E-state index contributed by atoms with van der Waals surface area (Å²) in [5.41, 5.74) is 4.60. The lowest BCUT2D eigenvalue weighted by atomic mass is 9.93. The fourth-order valence-corrected chi connectivity index (χ4v) is 5.24. The van der Waals surface area contributed by atoms with Crippen molar-refractivity contribution in [3.05, 3.63) is 75.7 Å². The topological polar surface area (TPSA) is 75.6 Å². The van der Waals surface area contributed by atoms with Gasteiger partial charge < -0.3 is 15.2 Å². The minimum Gasteiger partial charge on any atom is -0.492 e. The number of rotatable bonds is 11. The first-order valence-corrected chi connectivity index (χ1v) is 13.1. The van der Waals surface area contributed by atoms with Gasteiger partial charge in [0.05, 0.1) is 10.8 Å². The highest BCUT2D eigenvalue weighted by Crippen LogP contribution is 2.36. The van der Waals surface area contributed by atoms with Crippen LogP contribution in [0.4, 0.5) is 0 Å². The molecule has 5 nitrogen and oxygen atoms in total. The molecule has 0 spiro atoms. The maximum atomic E-state index is 13.6. The van der Waals surface area contributed by atoms with E-state index in [2.05, 4.69) is 69.6 Å². The Morgan fingerprint density at radius 2 is 1.86 bits per heavy atom. The van der Waals surface area contributed by atoms with Gasteiger partial charge in [-0.2, -0.15) is 0 Å². The van der Waals surface area contributed by atoms with Gasteiger partial charge in [0.1, 0.15) is 12.4 Å². The van der Waals surface area contributed by atoms with Gasteiger partial charge in [-0.25, -0.2) is 0 Å². The van der Waals surface area contributed by atoms with Crippen LogP contribution >= 0.6 is 11.8 Å². The summed E-state index contributed by atoms with van der Waals surface area (Å²) in [6, 6.07) is 11.7. The van der Waals surface area contributed by atoms with E-state index in [-0.39, 0.29) is 29.5 Å². The van der Waals surface area contributed by atoms with E-state index in [1.165, 1.54) is 0 Å². The van der Waals surface area contributed by atoms with E-state index in [1.54, 1.807) is 17.8 Å². The number of thioether (sulfide) groups is 1. The highest BCUT2D eigenvalue weighted by atomic mass is 32.2. The molecule has 0 radical (unpaired) electrons. The van der Waals surface area contributed by atoms with E-state index < -0.39 is 5.97 Å². The number of amides is 1. The second-order valence-electron chi connectivity index (χ2n) is 10.2.